The normalized spacial score (nSPS) is 19.8. The quantitative estimate of drug-likeness (QED) is 0.772. The first-order valence-corrected chi connectivity index (χ1v) is 9.04. The molecule has 0 saturated carbocycles. The van der Waals surface area contributed by atoms with Gasteiger partial charge in [-0.3, -0.25) is 4.79 Å². The van der Waals surface area contributed by atoms with E-state index in [4.69, 9.17) is 4.74 Å². The van der Waals surface area contributed by atoms with Gasteiger partial charge >= 0.3 is 0 Å². The molecule has 0 saturated heterocycles. The standard InChI is InChI=1S/C21H26N2O3/c1-14(2)20-21(25)22-17(12-24)10-16-8-9-18(11-19(16)23-20)26-13-15-6-4-3-5-7-15/h3-9,11,14,17,20,23-24H,10,12-13H2,1-2H3,(H,22,25)/t17-,20-/m0/s1. The Balaban J connectivity index is 1.83. The van der Waals surface area contributed by atoms with E-state index in [0.29, 0.717) is 13.0 Å². The number of aliphatic hydroxyl groups is 1. The van der Waals surface area contributed by atoms with Crippen molar-refractivity contribution in [2.75, 3.05) is 11.9 Å². The van der Waals surface area contributed by atoms with Crippen LogP contribution in [0.5, 0.6) is 5.75 Å². The molecule has 1 aliphatic heterocycles. The van der Waals surface area contributed by atoms with Crippen molar-refractivity contribution in [2.45, 2.75) is 39.0 Å². The molecule has 2 atom stereocenters. The lowest BCUT2D eigenvalue weighted by atomic mass is 9.97. The molecule has 0 bridgehead atoms. The van der Waals surface area contributed by atoms with E-state index in [1.807, 2.05) is 62.4 Å². The van der Waals surface area contributed by atoms with E-state index in [0.717, 1.165) is 22.6 Å². The Hall–Kier alpha value is -2.53. The Bertz CT molecular complexity index is 746. The Kier molecular flexibility index (Phi) is 5.78. The fraction of sp³-hybridized carbons (Fsp3) is 0.381. The summed E-state index contributed by atoms with van der Waals surface area (Å²) in [5.41, 5.74) is 3.05. The van der Waals surface area contributed by atoms with Crippen molar-refractivity contribution in [3.63, 3.8) is 0 Å². The number of hydrogen-bond donors (Lipinski definition) is 3. The van der Waals surface area contributed by atoms with E-state index in [-0.39, 0.29) is 30.5 Å². The van der Waals surface area contributed by atoms with Crippen molar-refractivity contribution in [1.29, 1.82) is 0 Å². The molecule has 3 N–H and O–H groups in total. The first-order chi connectivity index (χ1) is 12.6. The van der Waals surface area contributed by atoms with Crippen LogP contribution < -0.4 is 15.4 Å². The molecule has 2 aromatic rings. The molecule has 1 amide bonds. The lowest BCUT2D eigenvalue weighted by Crippen LogP contribution is -2.50. The number of fused-ring (bicyclic) bond motifs is 1. The second kappa shape index (κ2) is 8.23. The summed E-state index contributed by atoms with van der Waals surface area (Å²) in [5, 5.41) is 15.9. The number of ether oxygens (including phenoxy) is 1. The number of amides is 1. The number of rotatable bonds is 5. The highest BCUT2D eigenvalue weighted by molar-refractivity contribution is 5.86. The summed E-state index contributed by atoms with van der Waals surface area (Å²) in [6.07, 6.45) is 0.578. The fourth-order valence-electron chi connectivity index (χ4n) is 3.12. The lowest BCUT2D eigenvalue weighted by Gasteiger charge is -2.30. The Labute approximate surface area is 154 Å². The van der Waals surface area contributed by atoms with E-state index in [1.54, 1.807) is 0 Å². The number of nitrogens with one attached hydrogen (secondary N) is 2. The molecule has 3 rings (SSSR count). The third-order valence-electron chi connectivity index (χ3n) is 4.62. The number of benzene rings is 2. The molecule has 1 heterocycles. The van der Waals surface area contributed by atoms with Crippen LogP contribution in [-0.2, 0) is 17.8 Å². The first kappa shape index (κ1) is 18.3. The van der Waals surface area contributed by atoms with Gasteiger partial charge in [0, 0.05) is 11.8 Å². The summed E-state index contributed by atoms with van der Waals surface area (Å²) >= 11 is 0. The number of carbonyl (C=O) groups is 1. The molecule has 0 aliphatic carbocycles. The third kappa shape index (κ3) is 4.35. The predicted octanol–water partition coefficient (Wildman–Crippen LogP) is 2.74. The molecule has 0 fully saturated rings. The molecule has 5 heteroatoms. The zero-order valence-corrected chi connectivity index (χ0v) is 15.2. The van der Waals surface area contributed by atoms with Gasteiger partial charge in [0.1, 0.15) is 18.4 Å². The van der Waals surface area contributed by atoms with Crippen LogP contribution in [0.15, 0.2) is 48.5 Å². The molecule has 5 nitrogen and oxygen atoms in total. The second-order valence-electron chi connectivity index (χ2n) is 7.05. The minimum absolute atomic E-state index is 0.0811. The highest BCUT2D eigenvalue weighted by Crippen LogP contribution is 2.27. The highest BCUT2D eigenvalue weighted by atomic mass is 16.5. The van der Waals surface area contributed by atoms with Crippen LogP contribution in [0.4, 0.5) is 5.69 Å². The number of anilines is 1. The summed E-state index contributed by atoms with van der Waals surface area (Å²) in [5.74, 6) is 0.790. The van der Waals surface area contributed by atoms with Crippen molar-refractivity contribution in [2.24, 2.45) is 5.92 Å². The largest absolute Gasteiger partial charge is 0.489 e. The molecule has 138 valence electrons. The second-order valence-corrected chi connectivity index (χ2v) is 7.05. The summed E-state index contributed by atoms with van der Waals surface area (Å²) in [4.78, 5) is 12.5. The summed E-state index contributed by atoms with van der Waals surface area (Å²) in [7, 11) is 0. The maximum atomic E-state index is 12.5. The van der Waals surface area contributed by atoms with E-state index >= 15 is 0 Å². The predicted molar refractivity (Wildman–Crippen MR) is 102 cm³/mol. The van der Waals surface area contributed by atoms with Crippen LogP contribution in [0.2, 0.25) is 0 Å². The molecule has 0 spiro atoms. The Morgan fingerprint density at radius 1 is 1.15 bits per heavy atom. The maximum absolute atomic E-state index is 12.5. The average Bonchev–Trinajstić information content (AvgIpc) is 2.64. The van der Waals surface area contributed by atoms with Gasteiger partial charge in [-0.2, -0.15) is 0 Å². The summed E-state index contributed by atoms with van der Waals surface area (Å²) in [6.45, 7) is 4.42. The molecule has 0 radical (unpaired) electrons. The molecule has 0 unspecified atom stereocenters. The zero-order chi connectivity index (χ0) is 18.5. The van der Waals surface area contributed by atoms with Crippen molar-refractivity contribution in [3.8, 4) is 5.75 Å². The van der Waals surface area contributed by atoms with Gasteiger partial charge < -0.3 is 20.5 Å². The van der Waals surface area contributed by atoms with Gasteiger partial charge in [0.15, 0.2) is 0 Å². The first-order valence-electron chi connectivity index (χ1n) is 9.04. The minimum Gasteiger partial charge on any atom is -0.489 e. The van der Waals surface area contributed by atoms with Crippen molar-refractivity contribution < 1.29 is 14.6 Å². The van der Waals surface area contributed by atoms with Gasteiger partial charge in [0.2, 0.25) is 5.91 Å². The van der Waals surface area contributed by atoms with Crippen molar-refractivity contribution in [1.82, 2.24) is 5.32 Å². The SMILES string of the molecule is CC(C)[C@@H]1Nc2cc(OCc3ccccc3)ccc2C[C@@H](CO)NC1=O. The number of aliphatic hydroxyl groups excluding tert-OH is 1. The average molecular weight is 354 g/mol. The van der Waals surface area contributed by atoms with Crippen LogP contribution in [0.1, 0.15) is 25.0 Å². The van der Waals surface area contributed by atoms with Crippen LogP contribution in [-0.4, -0.2) is 29.7 Å². The fourth-order valence-corrected chi connectivity index (χ4v) is 3.12. The van der Waals surface area contributed by atoms with Gasteiger partial charge in [-0.05, 0) is 29.5 Å². The third-order valence-corrected chi connectivity index (χ3v) is 4.62. The molecular weight excluding hydrogens is 328 g/mol. The van der Waals surface area contributed by atoms with Crippen molar-refractivity contribution in [3.05, 3.63) is 59.7 Å². The molecular formula is C21H26N2O3. The van der Waals surface area contributed by atoms with E-state index in [9.17, 15) is 9.90 Å². The van der Waals surface area contributed by atoms with Gasteiger partial charge in [-0.15, -0.1) is 0 Å². The monoisotopic (exact) mass is 354 g/mol. The minimum atomic E-state index is -0.354. The van der Waals surface area contributed by atoms with Crippen molar-refractivity contribution >= 4 is 11.6 Å². The Morgan fingerprint density at radius 3 is 2.62 bits per heavy atom. The van der Waals surface area contributed by atoms with Crippen LogP contribution in [0.3, 0.4) is 0 Å². The molecule has 26 heavy (non-hydrogen) atoms. The number of hydrogen-bond acceptors (Lipinski definition) is 4. The van der Waals surface area contributed by atoms with E-state index < -0.39 is 0 Å². The summed E-state index contributed by atoms with van der Waals surface area (Å²) < 4.78 is 5.92. The highest BCUT2D eigenvalue weighted by Gasteiger charge is 2.28. The van der Waals surface area contributed by atoms with E-state index in [1.165, 1.54) is 0 Å². The van der Waals surface area contributed by atoms with Crippen LogP contribution in [0, 0.1) is 5.92 Å². The van der Waals surface area contributed by atoms with Gasteiger partial charge in [-0.1, -0.05) is 50.2 Å². The Morgan fingerprint density at radius 2 is 1.92 bits per heavy atom. The van der Waals surface area contributed by atoms with Crippen LogP contribution in [0.25, 0.3) is 0 Å². The molecule has 1 aliphatic rings. The van der Waals surface area contributed by atoms with Gasteiger partial charge in [0.05, 0.1) is 12.6 Å². The van der Waals surface area contributed by atoms with E-state index in [2.05, 4.69) is 10.6 Å². The lowest BCUT2D eigenvalue weighted by molar-refractivity contribution is -0.123. The topological polar surface area (TPSA) is 70.6 Å². The van der Waals surface area contributed by atoms with Gasteiger partial charge in [-0.25, -0.2) is 0 Å². The zero-order valence-electron chi connectivity index (χ0n) is 15.2. The molecule has 0 aromatic heterocycles. The maximum Gasteiger partial charge on any atom is 0.243 e. The smallest absolute Gasteiger partial charge is 0.243 e. The summed E-state index contributed by atoms with van der Waals surface area (Å²) in [6, 6.07) is 15.3. The molecule has 2 aromatic carbocycles. The number of carbonyl (C=O) groups excluding carboxylic acids is 1. The van der Waals surface area contributed by atoms with Gasteiger partial charge in [0.25, 0.3) is 0 Å². The van der Waals surface area contributed by atoms with Crippen LogP contribution >= 0.6 is 0 Å².